The molecule has 23 nitrogen and oxygen atoms in total. The SMILES string of the molecule is C.COC(=O)c1cc(F)cc(F)c1C(=O)C(c1ncnn1C)C(C[N+](=O)[O-])c1ccc(F)cc1.Cn1ncnc1C(C1=NCC(=O)c2cc(F)cc(F)c21)C(C[N+](=O)[O-])c1ccc(F)cc1.Cn1ncnc1C1C2=NCC(=O)c3cc(F)cc(c32)NCC1c1ccc(F)cc1. The standard InChI is InChI=1S/C21H16F3N5O3.C21H17F3N4O5.C21H17F2N5O.CH4/c1-28-21(26-10-27-28)19(15(9-29(31)32)11-2-4-12(22)5-3-11)20-18-14(17(30)8-25-20)6-13(23)7-16(18)24;1-27-20(25-10-26-27)18(15(9-28(31)32)11-3-5-12(22)6-4-11)19(29)17-14(21(30)33-2)7-13(23)8-16(17)24;1-28-21(26-10-27-28)19-15(11-2-4-12(22)5-3-11)8-24-16-7-13(23)6-14-17(29)9-25-20(19)18(14)16;/h2-7,10,15,19H,8-9H2,1H3;3-8,10,15,18H,9H2,1-2H3;2-7,10,15,19,24H,8-9H2,1H3;1H4. The molecule has 0 saturated carbocycles. The molecule has 3 aliphatic heterocycles. The number of methoxy groups -OCH3 is 1. The van der Waals surface area contributed by atoms with Crippen LogP contribution in [-0.2, 0) is 25.9 Å². The van der Waals surface area contributed by atoms with E-state index in [0.717, 1.165) is 54.0 Å². The van der Waals surface area contributed by atoms with Crippen molar-refractivity contribution in [3.05, 3.63) is 262 Å². The topological polar surface area (TPSA) is 293 Å². The van der Waals surface area contributed by atoms with Crippen LogP contribution >= 0.6 is 0 Å². The molecule has 0 aliphatic carbocycles. The lowest BCUT2D eigenvalue weighted by atomic mass is 9.77. The molecule has 6 unspecified atom stereocenters. The van der Waals surface area contributed by atoms with Gasteiger partial charge in [0.15, 0.2) is 17.3 Å². The molecule has 3 aliphatic rings. The van der Waals surface area contributed by atoms with E-state index in [-0.39, 0.29) is 78.0 Å². The third kappa shape index (κ3) is 14.3. The monoisotopic (exact) mass is 1310 g/mol. The maximum atomic E-state index is 14.9. The Bertz CT molecular complexity index is 4500. The van der Waals surface area contributed by atoms with Crippen molar-refractivity contribution in [2.24, 2.45) is 31.1 Å². The van der Waals surface area contributed by atoms with Gasteiger partial charge >= 0.3 is 5.97 Å². The number of anilines is 1. The van der Waals surface area contributed by atoms with E-state index >= 15 is 0 Å². The van der Waals surface area contributed by atoms with E-state index in [9.17, 15) is 74.5 Å². The van der Waals surface area contributed by atoms with Crippen molar-refractivity contribution in [3.8, 4) is 0 Å². The summed E-state index contributed by atoms with van der Waals surface area (Å²) in [6.07, 6.45) is 3.79. The average molecular weight is 1320 g/mol. The molecule has 6 heterocycles. The third-order valence-corrected chi connectivity index (χ3v) is 16.0. The predicted octanol–water partition coefficient (Wildman–Crippen LogP) is 9.82. The number of ether oxygens (including phenoxy) is 1. The summed E-state index contributed by atoms with van der Waals surface area (Å²) >= 11 is 0. The summed E-state index contributed by atoms with van der Waals surface area (Å²) in [4.78, 5) is 94.0. The van der Waals surface area contributed by atoms with Gasteiger partial charge in [-0.25, -0.2) is 54.9 Å². The van der Waals surface area contributed by atoms with Crippen LogP contribution in [0.15, 0.2) is 138 Å². The number of nitro groups is 2. The third-order valence-electron chi connectivity index (χ3n) is 16.0. The minimum absolute atomic E-state index is 0. The van der Waals surface area contributed by atoms with Crippen LogP contribution in [-0.4, -0.2) is 129 Å². The molecule has 9 aromatic rings. The molecule has 0 radical (unpaired) electrons. The molecule has 95 heavy (non-hydrogen) atoms. The molecule has 490 valence electrons. The largest absolute Gasteiger partial charge is 0.465 e. The molecule has 6 aromatic carbocycles. The Kier molecular flexibility index (Phi) is 20.5. The van der Waals surface area contributed by atoms with Crippen molar-refractivity contribution in [1.29, 1.82) is 0 Å². The molecule has 0 spiro atoms. The Morgan fingerprint density at radius 2 is 1.11 bits per heavy atom. The van der Waals surface area contributed by atoms with Crippen LogP contribution in [0.5, 0.6) is 0 Å². The van der Waals surface area contributed by atoms with Crippen molar-refractivity contribution in [2.75, 3.05) is 45.2 Å². The molecule has 0 saturated heterocycles. The van der Waals surface area contributed by atoms with Crippen LogP contribution < -0.4 is 5.32 Å². The Morgan fingerprint density at radius 3 is 1.65 bits per heavy atom. The summed E-state index contributed by atoms with van der Waals surface area (Å²) in [5.74, 6) is -13.9. The summed E-state index contributed by atoms with van der Waals surface area (Å²) < 4.78 is 121. The summed E-state index contributed by atoms with van der Waals surface area (Å²) in [6.45, 7) is -1.42. The number of halogens is 8. The van der Waals surface area contributed by atoms with E-state index in [1.807, 2.05) is 0 Å². The average Bonchev–Trinajstić information content (AvgIpc) is 1.76. The number of hydrogen-bond acceptors (Lipinski definition) is 18. The van der Waals surface area contributed by atoms with Crippen molar-refractivity contribution in [1.82, 2.24) is 44.3 Å². The van der Waals surface area contributed by atoms with E-state index in [1.54, 1.807) is 30.9 Å². The summed E-state index contributed by atoms with van der Waals surface area (Å²) in [6, 6.07) is 21.3. The predicted molar refractivity (Wildman–Crippen MR) is 324 cm³/mol. The van der Waals surface area contributed by atoms with Crippen molar-refractivity contribution < 1.29 is 68.9 Å². The second kappa shape index (κ2) is 28.6. The normalized spacial score (nSPS) is 15.8. The van der Waals surface area contributed by atoms with Gasteiger partial charge in [0, 0.05) is 83.5 Å². The number of benzene rings is 6. The number of aliphatic imine (C=N–C) groups is 2. The minimum atomic E-state index is -1.53. The van der Waals surface area contributed by atoms with Gasteiger partial charge in [0.05, 0.1) is 59.2 Å². The number of Topliss-reactive ketones (excluding diaryl/α,β-unsaturated/α-hetero) is 3. The number of carbonyl (C=O) groups is 4. The van der Waals surface area contributed by atoms with Crippen LogP contribution in [0.25, 0.3) is 0 Å². The quantitative estimate of drug-likeness (QED) is 0.0309. The van der Waals surface area contributed by atoms with Gasteiger partial charge in [-0.3, -0.25) is 58.6 Å². The van der Waals surface area contributed by atoms with Gasteiger partial charge in [0.25, 0.3) is 0 Å². The number of nitrogens with zero attached hydrogens (tertiary/aromatic N) is 13. The highest BCUT2D eigenvalue weighted by molar-refractivity contribution is 6.21. The number of carbonyl (C=O) groups excluding carboxylic acids is 4. The first kappa shape index (κ1) is 68.0. The number of aryl methyl sites for hydroxylation is 3. The number of fused-ring (bicyclic) bond motifs is 1. The highest BCUT2D eigenvalue weighted by Crippen LogP contribution is 2.44. The first-order chi connectivity index (χ1) is 44.9. The summed E-state index contributed by atoms with van der Waals surface area (Å²) in [5, 5.41) is 38.4. The van der Waals surface area contributed by atoms with Crippen LogP contribution in [0.1, 0.15) is 130 Å². The Balaban J connectivity index is 0.000000167. The molecule has 31 heteroatoms. The van der Waals surface area contributed by atoms with E-state index in [4.69, 9.17) is 0 Å². The maximum Gasteiger partial charge on any atom is 0.338 e. The molecule has 0 fully saturated rings. The Labute approximate surface area is 533 Å². The first-order valence-corrected chi connectivity index (χ1v) is 28.3. The van der Waals surface area contributed by atoms with E-state index < -0.39 is 116 Å². The van der Waals surface area contributed by atoms with Gasteiger partial charge in [-0.05, 0) is 77.4 Å². The van der Waals surface area contributed by atoms with Gasteiger partial charge in [-0.2, -0.15) is 15.3 Å². The van der Waals surface area contributed by atoms with Crippen LogP contribution in [0, 0.1) is 66.8 Å². The first-order valence-electron chi connectivity index (χ1n) is 28.3. The number of ketones is 3. The fraction of sp³-hybridized carbons (Fsp3) is 0.250. The molecule has 6 atom stereocenters. The smallest absolute Gasteiger partial charge is 0.338 e. The molecular formula is C64H54F8N14O9. The minimum Gasteiger partial charge on any atom is -0.465 e. The molecule has 1 N–H and O–H groups in total. The van der Waals surface area contributed by atoms with E-state index in [2.05, 4.69) is 50.3 Å². The number of nitrogens with one attached hydrogen (secondary N) is 1. The zero-order valence-corrected chi connectivity index (χ0v) is 49.6. The number of aromatic nitrogens is 9. The number of rotatable bonds is 16. The lowest BCUT2D eigenvalue weighted by Gasteiger charge is -2.28. The molecule has 0 bridgehead atoms. The van der Waals surface area contributed by atoms with Crippen molar-refractivity contribution in [3.63, 3.8) is 0 Å². The second-order valence-electron chi connectivity index (χ2n) is 21.6. The fourth-order valence-corrected chi connectivity index (χ4v) is 11.8. The summed E-state index contributed by atoms with van der Waals surface area (Å²) in [7, 11) is 5.73. The van der Waals surface area contributed by atoms with Gasteiger partial charge < -0.3 is 10.1 Å². The van der Waals surface area contributed by atoms with Crippen molar-refractivity contribution >= 4 is 40.4 Å². The van der Waals surface area contributed by atoms with Crippen LogP contribution in [0.2, 0.25) is 0 Å². The fourth-order valence-electron chi connectivity index (χ4n) is 11.8. The lowest BCUT2D eigenvalue weighted by molar-refractivity contribution is -0.483. The highest BCUT2D eigenvalue weighted by atomic mass is 19.2. The zero-order valence-electron chi connectivity index (χ0n) is 49.6. The number of hydrogen-bond donors (Lipinski definition) is 1. The van der Waals surface area contributed by atoms with E-state index in [0.29, 0.717) is 58.7 Å². The zero-order chi connectivity index (χ0) is 67.4. The summed E-state index contributed by atoms with van der Waals surface area (Å²) in [5.41, 5.74) is 1.70. The Morgan fingerprint density at radius 1 is 0.611 bits per heavy atom. The van der Waals surface area contributed by atoms with Crippen LogP contribution in [0.4, 0.5) is 40.8 Å². The molecule has 3 aromatic heterocycles. The molecule has 12 rings (SSSR count). The molecular weight excluding hydrogens is 1260 g/mol. The maximum absolute atomic E-state index is 14.9. The second-order valence-corrected chi connectivity index (χ2v) is 21.6. The lowest BCUT2D eigenvalue weighted by Crippen LogP contribution is -2.33. The van der Waals surface area contributed by atoms with Gasteiger partial charge in [0.1, 0.15) is 96.1 Å². The van der Waals surface area contributed by atoms with E-state index in [1.165, 1.54) is 72.9 Å². The van der Waals surface area contributed by atoms with Gasteiger partial charge in [-0.1, -0.05) is 43.8 Å². The van der Waals surface area contributed by atoms with Gasteiger partial charge in [-0.15, -0.1) is 0 Å². The number of esters is 1. The van der Waals surface area contributed by atoms with Crippen molar-refractivity contribution in [2.45, 2.75) is 42.9 Å². The molecule has 0 amide bonds. The van der Waals surface area contributed by atoms with Crippen LogP contribution in [0.3, 0.4) is 0 Å². The Hall–Kier alpha value is -11.4. The van der Waals surface area contributed by atoms with Gasteiger partial charge in [0.2, 0.25) is 13.1 Å². The highest BCUT2D eigenvalue weighted by Gasteiger charge is 2.44.